The Bertz CT molecular complexity index is 553. The number of nitrogens with two attached hydrogens (primary N) is 1. The number of amides is 1. The average Bonchev–Trinajstić information content (AvgIpc) is 2.34. The van der Waals surface area contributed by atoms with E-state index in [-0.39, 0.29) is 17.4 Å². The summed E-state index contributed by atoms with van der Waals surface area (Å²) in [7, 11) is -3.80. The zero-order valence-electron chi connectivity index (χ0n) is 9.79. The topological polar surface area (TPSA) is 98.5 Å². The first kappa shape index (κ1) is 13.0. The SMILES string of the molecule is Cc1ccc(S(=O)(=O)OC[C@H]2NC(=O)[C@H]2N)cc1. The fourth-order valence-electron chi connectivity index (χ4n) is 1.54. The predicted molar refractivity (Wildman–Crippen MR) is 64.2 cm³/mol. The normalized spacial score (nSPS) is 23.3. The van der Waals surface area contributed by atoms with Crippen molar-refractivity contribution in [3.05, 3.63) is 29.8 Å². The van der Waals surface area contributed by atoms with Crippen LogP contribution < -0.4 is 11.1 Å². The average molecular weight is 270 g/mol. The van der Waals surface area contributed by atoms with Crippen LogP contribution >= 0.6 is 0 Å². The highest BCUT2D eigenvalue weighted by molar-refractivity contribution is 7.86. The number of carbonyl (C=O) groups is 1. The Balaban J connectivity index is 2.00. The van der Waals surface area contributed by atoms with Crippen LogP contribution in [0.4, 0.5) is 0 Å². The van der Waals surface area contributed by atoms with Crippen LogP contribution in [0.5, 0.6) is 0 Å². The minimum Gasteiger partial charge on any atom is -0.347 e. The van der Waals surface area contributed by atoms with E-state index >= 15 is 0 Å². The molecule has 3 N–H and O–H groups in total. The largest absolute Gasteiger partial charge is 0.347 e. The van der Waals surface area contributed by atoms with Crippen LogP contribution in [0.3, 0.4) is 0 Å². The highest BCUT2D eigenvalue weighted by Crippen LogP contribution is 2.14. The lowest BCUT2D eigenvalue weighted by Gasteiger charge is -2.33. The Morgan fingerprint density at radius 1 is 1.33 bits per heavy atom. The molecule has 1 fully saturated rings. The van der Waals surface area contributed by atoms with Crippen molar-refractivity contribution in [2.24, 2.45) is 5.73 Å². The first-order valence-corrected chi connectivity index (χ1v) is 6.83. The van der Waals surface area contributed by atoms with Gasteiger partial charge in [-0.1, -0.05) is 17.7 Å². The molecule has 1 aliphatic heterocycles. The first-order chi connectivity index (χ1) is 8.40. The van der Waals surface area contributed by atoms with Gasteiger partial charge in [0.05, 0.1) is 17.5 Å². The van der Waals surface area contributed by atoms with Gasteiger partial charge >= 0.3 is 0 Å². The number of β-lactam (4-membered cyclic amide) rings is 1. The molecule has 0 aliphatic carbocycles. The van der Waals surface area contributed by atoms with Crippen molar-refractivity contribution >= 4 is 16.0 Å². The summed E-state index contributed by atoms with van der Waals surface area (Å²) in [5.74, 6) is -0.295. The Kier molecular flexibility index (Phi) is 3.38. The minimum absolute atomic E-state index is 0.0901. The summed E-state index contributed by atoms with van der Waals surface area (Å²) < 4.78 is 28.5. The minimum atomic E-state index is -3.80. The second kappa shape index (κ2) is 4.68. The molecule has 0 unspecified atom stereocenters. The highest BCUT2D eigenvalue weighted by Gasteiger charge is 2.37. The van der Waals surface area contributed by atoms with Crippen molar-refractivity contribution in [1.29, 1.82) is 0 Å². The van der Waals surface area contributed by atoms with Gasteiger partial charge in [-0.2, -0.15) is 8.42 Å². The number of benzene rings is 1. The van der Waals surface area contributed by atoms with Crippen LogP contribution in [0.25, 0.3) is 0 Å². The van der Waals surface area contributed by atoms with Gasteiger partial charge in [0, 0.05) is 0 Å². The number of nitrogens with one attached hydrogen (secondary N) is 1. The van der Waals surface area contributed by atoms with Crippen molar-refractivity contribution in [3.8, 4) is 0 Å². The van der Waals surface area contributed by atoms with E-state index in [2.05, 4.69) is 5.32 Å². The van der Waals surface area contributed by atoms with Gasteiger partial charge in [-0.05, 0) is 19.1 Å². The number of hydrogen-bond acceptors (Lipinski definition) is 5. The van der Waals surface area contributed by atoms with Crippen LogP contribution in [0.1, 0.15) is 5.56 Å². The number of rotatable bonds is 4. The van der Waals surface area contributed by atoms with Gasteiger partial charge in [-0.3, -0.25) is 8.98 Å². The molecule has 6 nitrogen and oxygen atoms in total. The fraction of sp³-hybridized carbons (Fsp3) is 0.364. The van der Waals surface area contributed by atoms with Crippen LogP contribution in [0, 0.1) is 6.92 Å². The van der Waals surface area contributed by atoms with E-state index in [0.717, 1.165) is 5.56 Å². The van der Waals surface area contributed by atoms with Gasteiger partial charge in [0.1, 0.15) is 6.04 Å². The molecule has 1 aliphatic rings. The summed E-state index contributed by atoms with van der Waals surface area (Å²) in [5.41, 5.74) is 6.43. The third kappa shape index (κ3) is 2.53. The molecule has 1 heterocycles. The number of hydrogen-bond donors (Lipinski definition) is 2. The summed E-state index contributed by atoms with van der Waals surface area (Å²) in [6, 6.07) is 5.18. The quantitative estimate of drug-likeness (QED) is 0.569. The van der Waals surface area contributed by atoms with Gasteiger partial charge < -0.3 is 11.1 Å². The maximum Gasteiger partial charge on any atom is 0.297 e. The Morgan fingerprint density at radius 3 is 2.44 bits per heavy atom. The third-order valence-electron chi connectivity index (χ3n) is 2.78. The van der Waals surface area contributed by atoms with Crippen LogP contribution in [-0.2, 0) is 19.1 Å². The standard InChI is InChI=1S/C11H14N2O4S/c1-7-2-4-8(5-3-7)18(15,16)17-6-9-10(12)11(14)13-9/h2-5,9-10H,6,12H2,1H3,(H,13,14)/t9-,10+/m1/s1. The monoisotopic (exact) mass is 270 g/mol. The second-order valence-electron chi connectivity index (χ2n) is 4.19. The molecular formula is C11H14N2O4S. The van der Waals surface area contributed by atoms with Crippen molar-refractivity contribution in [2.75, 3.05) is 6.61 Å². The fourth-order valence-corrected chi connectivity index (χ4v) is 2.47. The lowest BCUT2D eigenvalue weighted by atomic mass is 10.0. The zero-order valence-corrected chi connectivity index (χ0v) is 10.6. The van der Waals surface area contributed by atoms with Gasteiger partial charge in [0.2, 0.25) is 5.91 Å². The molecule has 18 heavy (non-hydrogen) atoms. The van der Waals surface area contributed by atoms with Gasteiger partial charge in [-0.15, -0.1) is 0 Å². The molecule has 1 saturated heterocycles. The Hall–Kier alpha value is -1.44. The molecule has 7 heteroatoms. The lowest BCUT2D eigenvalue weighted by molar-refractivity contribution is -0.131. The molecule has 1 aromatic carbocycles. The third-order valence-corrected chi connectivity index (χ3v) is 4.07. The van der Waals surface area contributed by atoms with Crippen LogP contribution in [-0.4, -0.2) is 33.0 Å². The molecule has 1 amide bonds. The number of aryl methyl sites for hydroxylation is 1. The van der Waals surface area contributed by atoms with E-state index in [4.69, 9.17) is 9.92 Å². The van der Waals surface area contributed by atoms with E-state index in [1.54, 1.807) is 12.1 Å². The first-order valence-electron chi connectivity index (χ1n) is 5.42. The molecule has 0 aromatic heterocycles. The highest BCUT2D eigenvalue weighted by atomic mass is 32.2. The summed E-state index contributed by atoms with van der Waals surface area (Å²) in [5, 5.41) is 2.47. The molecule has 2 rings (SSSR count). The second-order valence-corrected chi connectivity index (χ2v) is 5.81. The lowest BCUT2D eigenvalue weighted by Crippen LogP contribution is -2.68. The van der Waals surface area contributed by atoms with Crippen LogP contribution in [0.2, 0.25) is 0 Å². The summed E-state index contributed by atoms with van der Waals surface area (Å²) in [6.45, 7) is 1.71. The van der Waals surface area contributed by atoms with Crippen molar-refractivity contribution in [1.82, 2.24) is 5.32 Å². The molecule has 0 bridgehead atoms. The molecule has 1 aromatic rings. The van der Waals surface area contributed by atoms with E-state index in [9.17, 15) is 13.2 Å². The van der Waals surface area contributed by atoms with E-state index in [0.29, 0.717) is 0 Å². The van der Waals surface area contributed by atoms with Crippen LogP contribution in [0.15, 0.2) is 29.2 Å². The maximum absolute atomic E-state index is 11.8. The van der Waals surface area contributed by atoms with Gasteiger partial charge in [0.25, 0.3) is 10.1 Å². The van der Waals surface area contributed by atoms with E-state index < -0.39 is 22.2 Å². The smallest absolute Gasteiger partial charge is 0.297 e. The molecule has 98 valence electrons. The number of carbonyl (C=O) groups excluding carboxylic acids is 1. The predicted octanol–water partition coefficient (Wildman–Crippen LogP) is -0.474. The Labute approximate surface area is 105 Å². The summed E-state index contributed by atoms with van der Waals surface area (Å²) in [4.78, 5) is 10.9. The summed E-state index contributed by atoms with van der Waals surface area (Å²) >= 11 is 0. The van der Waals surface area contributed by atoms with Crippen molar-refractivity contribution in [2.45, 2.75) is 23.9 Å². The summed E-state index contributed by atoms with van der Waals surface area (Å²) in [6.07, 6.45) is 0. The van der Waals surface area contributed by atoms with E-state index in [1.807, 2.05) is 6.92 Å². The molecule has 2 atom stereocenters. The molecular weight excluding hydrogens is 256 g/mol. The zero-order chi connectivity index (χ0) is 13.3. The van der Waals surface area contributed by atoms with Gasteiger partial charge in [0.15, 0.2) is 0 Å². The molecule has 0 spiro atoms. The van der Waals surface area contributed by atoms with Gasteiger partial charge in [-0.25, -0.2) is 0 Å². The Morgan fingerprint density at radius 2 is 1.94 bits per heavy atom. The maximum atomic E-state index is 11.8. The molecule has 0 saturated carbocycles. The van der Waals surface area contributed by atoms with E-state index in [1.165, 1.54) is 12.1 Å². The van der Waals surface area contributed by atoms with Crippen molar-refractivity contribution < 1.29 is 17.4 Å². The van der Waals surface area contributed by atoms with Crippen molar-refractivity contribution in [3.63, 3.8) is 0 Å². The molecule has 0 radical (unpaired) electrons.